The first-order valence-corrected chi connectivity index (χ1v) is 8.96. The number of ether oxygens (including phenoxy) is 1. The number of rotatable bonds is 5. The van der Waals surface area contributed by atoms with Crippen LogP contribution in [0.25, 0.3) is 11.0 Å². The molecule has 5 heteroatoms. The number of aryl methyl sites for hydroxylation is 1. The van der Waals surface area contributed by atoms with Crippen molar-refractivity contribution in [2.75, 3.05) is 18.2 Å². The first-order chi connectivity index (χ1) is 11.6. The van der Waals surface area contributed by atoms with Gasteiger partial charge in [-0.05, 0) is 62.6 Å². The van der Waals surface area contributed by atoms with Crippen molar-refractivity contribution in [3.8, 4) is 5.75 Å². The predicted octanol–water partition coefficient (Wildman–Crippen LogP) is 5.11. The van der Waals surface area contributed by atoms with Gasteiger partial charge in [0.15, 0.2) is 5.76 Å². The van der Waals surface area contributed by atoms with E-state index in [1.54, 1.807) is 11.8 Å². The molecule has 1 aromatic heterocycles. The smallest absolute Gasteiger partial charge is 0.291 e. The fourth-order valence-electron chi connectivity index (χ4n) is 2.54. The summed E-state index contributed by atoms with van der Waals surface area (Å²) in [6.45, 7) is 4.42. The van der Waals surface area contributed by atoms with Crippen LogP contribution in [0.15, 0.2) is 51.8 Å². The summed E-state index contributed by atoms with van der Waals surface area (Å²) in [5.74, 6) is 0.847. The number of hydrogen-bond acceptors (Lipinski definition) is 4. The van der Waals surface area contributed by atoms with Gasteiger partial charge in [-0.1, -0.05) is 0 Å². The van der Waals surface area contributed by atoms with E-state index < -0.39 is 0 Å². The first kappa shape index (κ1) is 16.5. The molecule has 0 unspecified atom stereocenters. The van der Waals surface area contributed by atoms with Gasteiger partial charge in [-0.25, -0.2) is 0 Å². The Morgan fingerprint density at radius 2 is 1.96 bits per heavy atom. The van der Waals surface area contributed by atoms with Crippen LogP contribution in [-0.4, -0.2) is 18.8 Å². The molecular formula is C19H19NO3S. The molecule has 0 aliphatic rings. The Labute approximate surface area is 145 Å². The standard InChI is InChI=1S/C19H19NO3S/c1-4-22-14-7-10-17-16(11-14)12(2)18(23-17)19(21)20-13-5-8-15(24-3)9-6-13/h5-11H,4H2,1-3H3,(H,20,21). The Morgan fingerprint density at radius 3 is 2.62 bits per heavy atom. The zero-order valence-electron chi connectivity index (χ0n) is 13.9. The van der Waals surface area contributed by atoms with Crippen LogP contribution in [0, 0.1) is 6.92 Å². The molecule has 0 saturated carbocycles. The molecule has 24 heavy (non-hydrogen) atoms. The Balaban J connectivity index is 1.87. The van der Waals surface area contributed by atoms with Crippen molar-refractivity contribution in [3.05, 3.63) is 53.8 Å². The number of hydrogen-bond donors (Lipinski definition) is 1. The van der Waals surface area contributed by atoms with Crippen molar-refractivity contribution in [1.82, 2.24) is 0 Å². The van der Waals surface area contributed by atoms with E-state index in [0.717, 1.165) is 27.3 Å². The Hall–Kier alpha value is -2.40. The number of benzene rings is 2. The van der Waals surface area contributed by atoms with E-state index in [1.165, 1.54) is 0 Å². The summed E-state index contributed by atoms with van der Waals surface area (Å²) in [6, 6.07) is 13.3. The van der Waals surface area contributed by atoms with E-state index in [1.807, 2.05) is 62.6 Å². The third-order valence-electron chi connectivity index (χ3n) is 3.77. The molecule has 4 nitrogen and oxygen atoms in total. The molecule has 0 spiro atoms. The maximum atomic E-state index is 12.5. The number of fused-ring (bicyclic) bond motifs is 1. The fraction of sp³-hybridized carbons (Fsp3) is 0.211. The molecule has 1 N–H and O–H groups in total. The van der Waals surface area contributed by atoms with Gasteiger partial charge in [0.2, 0.25) is 0 Å². The van der Waals surface area contributed by atoms with Gasteiger partial charge in [-0.15, -0.1) is 11.8 Å². The summed E-state index contributed by atoms with van der Waals surface area (Å²) in [6.07, 6.45) is 2.02. The van der Waals surface area contributed by atoms with Gasteiger partial charge in [0.25, 0.3) is 5.91 Å². The predicted molar refractivity (Wildman–Crippen MR) is 98.3 cm³/mol. The molecule has 0 bridgehead atoms. The molecule has 2 aromatic carbocycles. The van der Waals surface area contributed by atoms with Crippen LogP contribution in [0.1, 0.15) is 23.0 Å². The molecule has 0 fully saturated rings. The highest BCUT2D eigenvalue weighted by Crippen LogP contribution is 2.29. The maximum absolute atomic E-state index is 12.5. The van der Waals surface area contributed by atoms with Crippen molar-refractivity contribution in [3.63, 3.8) is 0 Å². The van der Waals surface area contributed by atoms with Crippen molar-refractivity contribution in [2.45, 2.75) is 18.7 Å². The minimum Gasteiger partial charge on any atom is -0.494 e. The van der Waals surface area contributed by atoms with Gasteiger partial charge < -0.3 is 14.5 Å². The van der Waals surface area contributed by atoms with Crippen LogP contribution >= 0.6 is 11.8 Å². The lowest BCUT2D eigenvalue weighted by molar-refractivity contribution is 0.0998. The van der Waals surface area contributed by atoms with E-state index in [2.05, 4.69) is 5.32 Å². The quantitative estimate of drug-likeness (QED) is 0.655. The molecule has 0 saturated heterocycles. The van der Waals surface area contributed by atoms with Crippen LogP contribution in [0.4, 0.5) is 5.69 Å². The third kappa shape index (κ3) is 3.26. The van der Waals surface area contributed by atoms with E-state index in [4.69, 9.17) is 9.15 Å². The summed E-state index contributed by atoms with van der Waals surface area (Å²) in [5.41, 5.74) is 2.23. The molecule has 0 aliphatic carbocycles. The summed E-state index contributed by atoms with van der Waals surface area (Å²) in [7, 11) is 0. The zero-order valence-corrected chi connectivity index (χ0v) is 14.7. The van der Waals surface area contributed by atoms with Crippen LogP contribution in [-0.2, 0) is 0 Å². The average molecular weight is 341 g/mol. The van der Waals surface area contributed by atoms with Crippen LogP contribution in [0.5, 0.6) is 5.75 Å². The molecule has 0 aliphatic heterocycles. The van der Waals surface area contributed by atoms with Crippen LogP contribution in [0.3, 0.4) is 0 Å². The van der Waals surface area contributed by atoms with Crippen molar-refractivity contribution in [2.24, 2.45) is 0 Å². The van der Waals surface area contributed by atoms with Gasteiger partial charge in [-0.2, -0.15) is 0 Å². The summed E-state index contributed by atoms with van der Waals surface area (Å²) in [5, 5.41) is 3.77. The molecule has 3 rings (SSSR count). The lowest BCUT2D eigenvalue weighted by atomic mass is 10.1. The second-order valence-corrected chi connectivity index (χ2v) is 6.21. The van der Waals surface area contributed by atoms with E-state index in [-0.39, 0.29) is 5.91 Å². The molecular weight excluding hydrogens is 322 g/mol. The van der Waals surface area contributed by atoms with Gasteiger partial charge >= 0.3 is 0 Å². The largest absolute Gasteiger partial charge is 0.494 e. The number of nitrogens with one attached hydrogen (secondary N) is 1. The second-order valence-electron chi connectivity index (χ2n) is 5.33. The van der Waals surface area contributed by atoms with Gasteiger partial charge in [0, 0.05) is 21.5 Å². The molecule has 1 heterocycles. The topological polar surface area (TPSA) is 51.5 Å². The van der Waals surface area contributed by atoms with Gasteiger partial charge in [0.1, 0.15) is 11.3 Å². The van der Waals surface area contributed by atoms with Crippen LogP contribution < -0.4 is 10.1 Å². The molecule has 3 aromatic rings. The average Bonchev–Trinajstić information content (AvgIpc) is 2.93. The number of amides is 1. The molecule has 1 amide bonds. The number of thioether (sulfide) groups is 1. The summed E-state index contributed by atoms with van der Waals surface area (Å²) >= 11 is 1.66. The highest BCUT2D eigenvalue weighted by molar-refractivity contribution is 7.98. The number of anilines is 1. The van der Waals surface area contributed by atoms with Crippen molar-refractivity contribution in [1.29, 1.82) is 0 Å². The van der Waals surface area contributed by atoms with E-state index in [0.29, 0.717) is 18.0 Å². The molecule has 0 radical (unpaired) electrons. The number of carbonyl (C=O) groups excluding carboxylic acids is 1. The minimum absolute atomic E-state index is 0.251. The highest BCUT2D eigenvalue weighted by atomic mass is 32.2. The number of furan rings is 1. The highest BCUT2D eigenvalue weighted by Gasteiger charge is 2.18. The normalized spacial score (nSPS) is 10.8. The van der Waals surface area contributed by atoms with Crippen LogP contribution in [0.2, 0.25) is 0 Å². The summed E-state index contributed by atoms with van der Waals surface area (Å²) in [4.78, 5) is 13.7. The van der Waals surface area contributed by atoms with E-state index >= 15 is 0 Å². The SMILES string of the molecule is CCOc1ccc2oc(C(=O)Nc3ccc(SC)cc3)c(C)c2c1. The van der Waals surface area contributed by atoms with Crippen molar-refractivity contribution >= 4 is 34.3 Å². The monoisotopic (exact) mass is 341 g/mol. The van der Waals surface area contributed by atoms with Gasteiger partial charge in [-0.3, -0.25) is 4.79 Å². The van der Waals surface area contributed by atoms with Gasteiger partial charge in [0.05, 0.1) is 6.61 Å². The Morgan fingerprint density at radius 1 is 1.21 bits per heavy atom. The minimum atomic E-state index is -0.251. The lowest BCUT2D eigenvalue weighted by Gasteiger charge is -2.04. The van der Waals surface area contributed by atoms with E-state index in [9.17, 15) is 4.79 Å². The maximum Gasteiger partial charge on any atom is 0.291 e. The Kier molecular flexibility index (Phi) is 4.81. The Bertz CT molecular complexity index is 868. The molecule has 124 valence electrons. The summed E-state index contributed by atoms with van der Waals surface area (Å²) < 4.78 is 11.3. The molecule has 0 atom stereocenters. The van der Waals surface area contributed by atoms with Crippen molar-refractivity contribution < 1.29 is 13.9 Å². The number of carbonyl (C=O) groups is 1. The second kappa shape index (κ2) is 7.01. The zero-order chi connectivity index (χ0) is 17.1. The third-order valence-corrected chi connectivity index (χ3v) is 4.52. The first-order valence-electron chi connectivity index (χ1n) is 7.73. The fourth-order valence-corrected chi connectivity index (χ4v) is 2.94. The lowest BCUT2D eigenvalue weighted by Crippen LogP contribution is -2.11.